The van der Waals surface area contributed by atoms with Crippen LogP contribution >= 0.6 is 0 Å². The van der Waals surface area contributed by atoms with Crippen molar-refractivity contribution in [3.8, 4) is 22.8 Å². The maximum atomic E-state index is 5.27. The summed E-state index contributed by atoms with van der Waals surface area (Å²) in [6.45, 7) is 0.894. The van der Waals surface area contributed by atoms with Crippen molar-refractivity contribution in [1.82, 2.24) is 5.16 Å². The standard InChI is InChI=1S/C13H14N2O3/c1-16-9-5-8(6-10(7-9)17-2)12-11-3-4-14-13(11)18-15-12/h5-7,14H,3-4H2,1-2H3. The number of hydrogen-bond acceptors (Lipinski definition) is 5. The van der Waals surface area contributed by atoms with Gasteiger partial charge in [-0.25, -0.2) is 0 Å². The number of anilines is 1. The second-order valence-electron chi connectivity index (χ2n) is 4.12. The van der Waals surface area contributed by atoms with Crippen LogP contribution in [0.15, 0.2) is 22.7 Å². The van der Waals surface area contributed by atoms with Gasteiger partial charge in [-0.05, 0) is 18.6 Å². The molecule has 0 unspecified atom stereocenters. The van der Waals surface area contributed by atoms with E-state index in [1.54, 1.807) is 14.2 Å². The van der Waals surface area contributed by atoms with Crippen LogP contribution in [0.2, 0.25) is 0 Å². The van der Waals surface area contributed by atoms with E-state index in [1.165, 1.54) is 0 Å². The Balaban J connectivity index is 2.10. The lowest BCUT2D eigenvalue weighted by molar-refractivity contribution is 0.394. The van der Waals surface area contributed by atoms with Crippen molar-refractivity contribution >= 4 is 5.88 Å². The summed E-state index contributed by atoms with van der Waals surface area (Å²) in [5, 5.41) is 7.27. The first kappa shape index (κ1) is 11.0. The third kappa shape index (κ3) is 1.68. The van der Waals surface area contributed by atoms with Crippen molar-refractivity contribution in [3.63, 3.8) is 0 Å². The first-order chi connectivity index (χ1) is 8.81. The van der Waals surface area contributed by atoms with Crippen molar-refractivity contribution in [2.45, 2.75) is 6.42 Å². The molecule has 1 aliphatic heterocycles. The summed E-state index contributed by atoms with van der Waals surface area (Å²) in [6.07, 6.45) is 0.924. The van der Waals surface area contributed by atoms with E-state index in [0.717, 1.165) is 47.2 Å². The van der Waals surface area contributed by atoms with Crippen molar-refractivity contribution in [3.05, 3.63) is 23.8 Å². The number of nitrogens with zero attached hydrogens (tertiary/aromatic N) is 1. The molecule has 0 radical (unpaired) electrons. The van der Waals surface area contributed by atoms with Gasteiger partial charge in [0.1, 0.15) is 17.2 Å². The number of methoxy groups -OCH3 is 2. The molecular formula is C13H14N2O3. The quantitative estimate of drug-likeness (QED) is 0.900. The Kier molecular flexibility index (Phi) is 2.59. The van der Waals surface area contributed by atoms with Gasteiger partial charge in [0.2, 0.25) is 5.88 Å². The van der Waals surface area contributed by atoms with E-state index in [0.29, 0.717) is 0 Å². The number of hydrogen-bond donors (Lipinski definition) is 1. The molecule has 2 heterocycles. The van der Waals surface area contributed by atoms with Gasteiger partial charge in [0.15, 0.2) is 0 Å². The molecule has 3 rings (SSSR count). The van der Waals surface area contributed by atoms with Gasteiger partial charge in [-0.2, -0.15) is 0 Å². The lowest BCUT2D eigenvalue weighted by Gasteiger charge is -2.07. The SMILES string of the molecule is COc1cc(OC)cc(-c2noc3c2CCN3)c1. The minimum absolute atomic E-state index is 0.743. The van der Waals surface area contributed by atoms with Crippen LogP contribution in [0.3, 0.4) is 0 Å². The van der Waals surface area contributed by atoms with Crippen LogP contribution in [-0.2, 0) is 6.42 Å². The predicted octanol–water partition coefficient (Wildman–Crippen LogP) is 2.33. The molecule has 1 aromatic heterocycles. The van der Waals surface area contributed by atoms with Gasteiger partial charge < -0.3 is 19.3 Å². The van der Waals surface area contributed by atoms with E-state index >= 15 is 0 Å². The van der Waals surface area contributed by atoms with Crippen molar-refractivity contribution in [1.29, 1.82) is 0 Å². The molecule has 18 heavy (non-hydrogen) atoms. The molecule has 1 N–H and O–H groups in total. The summed E-state index contributed by atoms with van der Waals surface area (Å²) in [5.41, 5.74) is 2.91. The molecule has 94 valence electrons. The first-order valence-electron chi connectivity index (χ1n) is 5.77. The molecule has 0 saturated carbocycles. The van der Waals surface area contributed by atoms with Crippen LogP contribution in [-0.4, -0.2) is 25.9 Å². The predicted molar refractivity (Wildman–Crippen MR) is 67.2 cm³/mol. The molecule has 5 heteroatoms. The average molecular weight is 246 g/mol. The van der Waals surface area contributed by atoms with E-state index in [2.05, 4.69) is 10.5 Å². The highest BCUT2D eigenvalue weighted by molar-refractivity contribution is 5.71. The smallest absolute Gasteiger partial charge is 0.228 e. The Morgan fingerprint density at radius 1 is 1.17 bits per heavy atom. The van der Waals surface area contributed by atoms with Gasteiger partial charge in [-0.3, -0.25) is 0 Å². The van der Waals surface area contributed by atoms with Crippen LogP contribution in [0.4, 0.5) is 5.88 Å². The van der Waals surface area contributed by atoms with E-state index in [-0.39, 0.29) is 0 Å². The molecule has 0 saturated heterocycles. The van der Waals surface area contributed by atoms with Gasteiger partial charge in [0, 0.05) is 23.7 Å². The van der Waals surface area contributed by atoms with Crippen LogP contribution in [0, 0.1) is 0 Å². The summed E-state index contributed by atoms with van der Waals surface area (Å²) in [7, 11) is 3.26. The summed E-state index contributed by atoms with van der Waals surface area (Å²) in [4.78, 5) is 0. The lowest BCUT2D eigenvalue weighted by Crippen LogP contribution is -1.93. The molecule has 0 aliphatic carbocycles. The number of benzene rings is 1. The highest BCUT2D eigenvalue weighted by Crippen LogP contribution is 2.35. The molecule has 2 aromatic rings. The average Bonchev–Trinajstić information content (AvgIpc) is 3.00. The maximum Gasteiger partial charge on any atom is 0.228 e. The second-order valence-corrected chi connectivity index (χ2v) is 4.12. The third-order valence-electron chi connectivity index (χ3n) is 3.07. The molecule has 0 bridgehead atoms. The summed E-state index contributed by atoms with van der Waals surface area (Å²) >= 11 is 0. The first-order valence-corrected chi connectivity index (χ1v) is 5.77. The van der Waals surface area contributed by atoms with E-state index in [4.69, 9.17) is 14.0 Å². The zero-order chi connectivity index (χ0) is 12.5. The largest absolute Gasteiger partial charge is 0.497 e. The lowest BCUT2D eigenvalue weighted by atomic mass is 10.1. The van der Waals surface area contributed by atoms with Crippen molar-refractivity contribution < 1.29 is 14.0 Å². The molecule has 5 nitrogen and oxygen atoms in total. The molecule has 0 spiro atoms. The van der Waals surface area contributed by atoms with Crippen molar-refractivity contribution in [2.24, 2.45) is 0 Å². The molecular weight excluding hydrogens is 232 g/mol. The molecule has 0 amide bonds. The normalized spacial score (nSPS) is 13.0. The van der Waals surface area contributed by atoms with Crippen LogP contribution in [0.25, 0.3) is 11.3 Å². The van der Waals surface area contributed by atoms with E-state index < -0.39 is 0 Å². The number of ether oxygens (including phenoxy) is 2. The zero-order valence-corrected chi connectivity index (χ0v) is 10.3. The van der Waals surface area contributed by atoms with E-state index in [9.17, 15) is 0 Å². The topological polar surface area (TPSA) is 56.5 Å². The number of nitrogens with one attached hydrogen (secondary N) is 1. The zero-order valence-electron chi connectivity index (χ0n) is 10.3. The number of fused-ring (bicyclic) bond motifs is 1. The highest BCUT2D eigenvalue weighted by Gasteiger charge is 2.22. The fourth-order valence-corrected chi connectivity index (χ4v) is 2.15. The fraction of sp³-hybridized carbons (Fsp3) is 0.308. The fourth-order valence-electron chi connectivity index (χ4n) is 2.15. The van der Waals surface area contributed by atoms with Crippen LogP contribution in [0.5, 0.6) is 11.5 Å². The minimum Gasteiger partial charge on any atom is -0.497 e. The molecule has 0 fully saturated rings. The van der Waals surface area contributed by atoms with E-state index in [1.807, 2.05) is 18.2 Å². The summed E-state index contributed by atoms with van der Waals surface area (Å²) in [6, 6.07) is 5.69. The Hall–Kier alpha value is -2.17. The van der Waals surface area contributed by atoms with Crippen LogP contribution in [0.1, 0.15) is 5.56 Å². The third-order valence-corrected chi connectivity index (χ3v) is 3.07. The highest BCUT2D eigenvalue weighted by atomic mass is 16.5. The van der Waals surface area contributed by atoms with Gasteiger partial charge in [0.05, 0.1) is 14.2 Å². The number of rotatable bonds is 3. The Bertz CT molecular complexity index is 555. The Labute approximate surface area is 105 Å². The molecule has 1 aliphatic rings. The molecule has 0 atom stereocenters. The van der Waals surface area contributed by atoms with Gasteiger partial charge in [-0.15, -0.1) is 0 Å². The van der Waals surface area contributed by atoms with Gasteiger partial charge >= 0.3 is 0 Å². The monoisotopic (exact) mass is 246 g/mol. The summed E-state index contributed by atoms with van der Waals surface area (Å²) in [5.74, 6) is 2.26. The van der Waals surface area contributed by atoms with Gasteiger partial charge in [0.25, 0.3) is 0 Å². The maximum absolute atomic E-state index is 5.27. The van der Waals surface area contributed by atoms with Crippen LogP contribution < -0.4 is 14.8 Å². The summed E-state index contributed by atoms with van der Waals surface area (Å²) < 4.78 is 15.8. The van der Waals surface area contributed by atoms with Crippen molar-refractivity contribution in [2.75, 3.05) is 26.1 Å². The Morgan fingerprint density at radius 2 is 1.89 bits per heavy atom. The Morgan fingerprint density at radius 3 is 2.56 bits per heavy atom. The number of aromatic nitrogens is 1. The second kappa shape index (κ2) is 4.25. The van der Waals surface area contributed by atoms with Gasteiger partial charge in [-0.1, -0.05) is 5.16 Å². The molecule has 1 aromatic carbocycles. The minimum atomic E-state index is 0.743.